The summed E-state index contributed by atoms with van der Waals surface area (Å²) in [6.45, 7) is 1.53. The van der Waals surface area contributed by atoms with Gasteiger partial charge in [0.25, 0.3) is 0 Å². The fourth-order valence-electron chi connectivity index (χ4n) is 1.99. The second-order valence-corrected chi connectivity index (χ2v) is 4.19. The number of hydrogen-bond donors (Lipinski definition) is 0. The number of carbonyl (C=O) groups is 1. The van der Waals surface area contributed by atoms with Gasteiger partial charge in [0, 0.05) is 18.3 Å². The van der Waals surface area contributed by atoms with Gasteiger partial charge < -0.3 is 0 Å². The maximum Gasteiger partial charge on any atom is 0.228 e. The summed E-state index contributed by atoms with van der Waals surface area (Å²) in [4.78, 5) is 13.5. The summed E-state index contributed by atoms with van der Waals surface area (Å²) < 4.78 is 0. The van der Waals surface area contributed by atoms with Crippen molar-refractivity contribution in [1.82, 2.24) is 0 Å². The molecule has 0 radical (unpaired) electrons. The molecule has 0 aliphatic carbocycles. The molecule has 0 saturated heterocycles. The highest BCUT2D eigenvalue weighted by molar-refractivity contribution is 5.99. The van der Waals surface area contributed by atoms with E-state index in [1.165, 1.54) is 6.92 Å². The van der Waals surface area contributed by atoms with Crippen LogP contribution in [0.3, 0.4) is 0 Å². The van der Waals surface area contributed by atoms with Crippen molar-refractivity contribution in [3.05, 3.63) is 60.2 Å². The normalized spacial score (nSPS) is 9.68. The van der Waals surface area contributed by atoms with E-state index in [4.69, 9.17) is 5.26 Å². The van der Waals surface area contributed by atoms with Crippen molar-refractivity contribution in [3.8, 4) is 6.07 Å². The Labute approximate surface area is 112 Å². The van der Waals surface area contributed by atoms with Crippen molar-refractivity contribution in [2.75, 3.05) is 4.90 Å². The Kier molecular flexibility index (Phi) is 3.94. The zero-order chi connectivity index (χ0) is 13.7. The molecule has 0 aliphatic heterocycles. The highest BCUT2D eigenvalue weighted by atomic mass is 16.2. The monoisotopic (exact) mass is 250 g/mol. The van der Waals surface area contributed by atoms with Gasteiger partial charge in [0.05, 0.1) is 12.5 Å². The topological polar surface area (TPSA) is 44.1 Å². The average molecular weight is 250 g/mol. The first-order valence-electron chi connectivity index (χ1n) is 6.04. The molecule has 0 heterocycles. The third-order valence-electron chi connectivity index (χ3n) is 2.78. The highest BCUT2D eigenvalue weighted by Gasteiger charge is 2.13. The Morgan fingerprint density at radius 2 is 1.79 bits per heavy atom. The second kappa shape index (κ2) is 5.83. The van der Waals surface area contributed by atoms with E-state index in [2.05, 4.69) is 6.07 Å². The zero-order valence-electron chi connectivity index (χ0n) is 10.7. The molecule has 0 saturated carbocycles. The van der Waals surface area contributed by atoms with Crippen LogP contribution in [0.1, 0.15) is 12.5 Å². The lowest BCUT2D eigenvalue weighted by atomic mass is 10.1. The molecule has 0 spiro atoms. The predicted molar refractivity (Wildman–Crippen MR) is 75.0 cm³/mol. The van der Waals surface area contributed by atoms with Crippen LogP contribution >= 0.6 is 0 Å². The van der Waals surface area contributed by atoms with Crippen LogP contribution in [0, 0.1) is 11.3 Å². The number of anilines is 2. The third kappa shape index (κ3) is 2.99. The van der Waals surface area contributed by atoms with E-state index in [0.717, 1.165) is 16.9 Å². The lowest BCUT2D eigenvalue weighted by Gasteiger charge is -2.21. The van der Waals surface area contributed by atoms with Crippen LogP contribution in [0.5, 0.6) is 0 Å². The molecular weight excluding hydrogens is 236 g/mol. The summed E-state index contributed by atoms with van der Waals surface area (Å²) in [6, 6.07) is 19.1. The summed E-state index contributed by atoms with van der Waals surface area (Å²) in [5.74, 6) is -0.0553. The molecule has 1 amide bonds. The average Bonchev–Trinajstić information content (AvgIpc) is 2.40. The molecule has 2 rings (SSSR count). The van der Waals surface area contributed by atoms with Crippen molar-refractivity contribution in [1.29, 1.82) is 5.26 Å². The van der Waals surface area contributed by atoms with Gasteiger partial charge in [0.2, 0.25) is 5.91 Å². The van der Waals surface area contributed by atoms with Crippen molar-refractivity contribution >= 4 is 17.3 Å². The molecule has 3 heteroatoms. The van der Waals surface area contributed by atoms with Crippen molar-refractivity contribution in [3.63, 3.8) is 0 Å². The van der Waals surface area contributed by atoms with E-state index in [0.29, 0.717) is 6.42 Å². The zero-order valence-corrected chi connectivity index (χ0v) is 10.7. The van der Waals surface area contributed by atoms with Crippen LogP contribution in [0.25, 0.3) is 0 Å². The maximum atomic E-state index is 11.9. The van der Waals surface area contributed by atoms with E-state index in [-0.39, 0.29) is 5.91 Å². The number of amides is 1. The van der Waals surface area contributed by atoms with Gasteiger partial charge in [-0.25, -0.2) is 0 Å². The van der Waals surface area contributed by atoms with Gasteiger partial charge in [0.1, 0.15) is 0 Å². The predicted octanol–water partition coefficient (Wildman–Crippen LogP) is 3.44. The first kappa shape index (κ1) is 12.8. The number of para-hydroxylation sites is 1. The molecular formula is C16H14N2O. The molecule has 19 heavy (non-hydrogen) atoms. The molecule has 0 fully saturated rings. The molecule has 0 bridgehead atoms. The SMILES string of the molecule is CC(=O)N(c1ccccc1)c1cccc(CC#N)c1. The Balaban J connectivity index is 2.43. The highest BCUT2D eigenvalue weighted by Crippen LogP contribution is 2.26. The van der Waals surface area contributed by atoms with Crippen molar-refractivity contribution in [2.24, 2.45) is 0 Å². The van der Waals surface area contributed by atoms with Gasteiger partial charge in [-0.3, -0.25) is 9.69 Å². The van der Waals surface area contributed by atoms with Crippen LogP contribution in [0.4, 0.5) is 11.4 Å². The van der Waals surface area contributed by atoms with E-state index in [9.17, 15) is 4.79 Å². The van der Waals surface area contributed by atoms with Crippen LogP contribution < -0.4 is 4.90 Å². The van der Waals surface area contributed by atoms with Gasteiger partial charge in [-0.1, -0.05) is 30.3 Å². The second-order valence-electron chi connectivity index (χ2n) is 4.19. The van der Waals surface area contributed by atoms with Gasteiger partial charge >= 0.3 is 0 Å². The summed E-state index contributed by atoms with van der Waals surface area (Å²) in [5.41, 5.74) is 2.51. The lowest BCUT2D eigenvalue weighted by Crippen LogP contribution is -2.22. The summed E-state index contributed by atoms with van der Waals surface area (Å²) >= 11 is 0. The van der Waals surface area contributed by atoms with Gasteiger partial charge in [-0.15, -0.1) is 0 Å². The standard InChI is InChI=1S/C16H14N2O/c1-13(19)18(15-7-3-2-4-8-15)16-9-5-6-14(12-16)10-11-17/h2-9,12H,10H2,1H3. The third-order valence-corrected chi connectivity index (χ3v) is 2.78. The molecule has 0 aromatic heterocycles. The molecule has 0 aliphatic rings. The Bertz CT molecular complexity index is 614. The van der Waals surface area contributed by atoms with E-state index >= 15 is 0 Å². The Morgan fingerprint density at radius 1 is 1.11 bits per heavy atom. The fourth-order valence-corrected chi connectivity index (χ4v) is 1.99. The number of rotatable bonds is 3. The molecule has 3 nitrogen and oxygen atoms in total. The molecule has 2 aromatic carbocycles. The van der Waals surface area contributed by atoms with E-state index < -0.39 is 0 Å². The Hall–Kier alpha value is -2.60. The van der Waals surface area contributed by atoms with Crippen LogP contribution in [0.2, 0.25) is 0 Å². The molecule has 0 N–H and O–H groups in total. The van der Waals surface area contributed by atoms with Crippen LogP contribution in [-0.4, -0.2) is 5.91 Å². The molecule has 2 aromatic rings. The number of benzene rings is 2. The van der Waals surface area contributed by atoms with Crippen molar-refractivity contribution < 1.29 is 4.79 Å². The minimum Gasteiger partial charge on any atom is -0.281 e. The quantitative estimate of drug-likeness (QED) is 0.837. The number of nitriles is 1. The lowest BCUT2D eigenvalue weighted by molar-refractivity contribution is -0.115. The number of carbonyl (C=O) groups excluding carboxylic acids is 1. The summed E-state index contributed by atoms with van der Waals surface area (Å²) in [7, 11) is 0. The molecule has 94 valence electrons. The minimum atomic E-state index is -0.0553. The van der Waals surface area contributed by atoms with Gasteiger partial charge in [-0.2, -0.15) is 5.26 Å². The van der Waals surface area contributed by atoms with Crippen LogP contribution in [0.15, 0.2) is 54.6 Å². The number of hydrogen-bond acceptors (Lipinski definition) is 2. The van der Waals surface area contributed by atoms with Gasteiger partial charge in [-0.05, 0) is 29.8 Å². The Morgan fingerprint density at radius 3 is 2.42 bits per heavy atom. The van der Waals surface area contributed by atoms with E-state index in [1.54, 1.807) is 4.90 Å². The fraction of sp³-hybridized carbons (Fsp3) is 0.125. The van der Waals surface area contributed by atoms with Crippen LogP contribution in [-0.2, 0) is 11.2 Å². The number of nitrogens with zero attached hydrogens (tertiary/aromatic N) is 2. The van der Waals surface area contributed by atoms with Gasteiger partial charge in [0.15, 0.2) is 0 Å². The molecule has 0 unspecified atom stereocenters. The molecule has 0 atom stereocenters. The summed E-state index contributed by atoms with van der Waals surface area (Å²) in [5, 5.41) is 8.74. The first-order chi connectivity index (χ1) is 9.22. The smallest absolute Gasteiger partial charge is 0.228 e. The van der Waals surface area contributed by atoms with E-state index in [1.807, 2.05) is 54.6 Å². The summed E-state index contributed by atoms with van der Waals surface area (Å²) in [6.07, 6.45) is 0.342. The van der Waals surface area contributed by atoms with Crippen molar-refractivity contribution in [2.45, 2.75) is 13.3 Å². The largest absolute Gasteiger partial charge is 0.281 e. The minimum absolute atomic E-state index is 0.0553. The first-order valence-corrected chi connectivity index (χ1v) is 6.04. The maximum absolute atomic E-state index is 11.9.